The molecule has 0 aliphatic rings. The molecular weight excluding hydrogens is 320 g/mol. The number of carboxylic acid groups (broad SMARTS) is 1. The number of halogens is 3. The van der Waals surface area contributed by atoms with Crippen LogP contribution in [0, 0.1) is 5.82 Å². The smallest absolute Gasteiger partial charge is 0.304 e. The summed E-state index contributed by atoms with van der Waals surface area (Å²) in [5, 5.41) is 7.61. The van der Waals surface area contributed by atoms with Crippen LogP contribution in [0.3, 0.4) is 0 Å². The SMILES string of the molecule is CC(CC(=O)O)NS(=O)(=O)c1ccc(Cl)c(F)c1Cl. The van der Waals surface area contributed by atoms with E-state index in [1.807, 2.05) is 0 Å². The molecule has 0 heterocycles. The third-order valence-corrected chi connectivity index (χ3v) is 4.53. The third kappa shape index (κ3) is 4.04. The fraction of sp³-hybridized carbons (Fsp3) is 0.300. The second-order valence-electron chi connectivity index (χ2n) is 3.79. The van der Waals surface area contributed by atoms with Crippen LogP contribution in [0.2, 0.25) is 10.0 Å². The van der Waals surface area contributed by atoms with E-state index in [0.29, 0.717) is 0 Å². The lowest BCUT2D eigenvalue weighted by Crippen LogP contribution is -2.34. The van der Waals surface area contributed by atoms with Gasteiger partial charge in [0.2, 0.25) is 10.0 Å². The number of benzene rings is 1. The molecule has 0 saturated carbocycles. The largest absolute Gasteiger partial charge is 0.481 e. The highest BCUT2D eigenvalue weighted by Gasteiger charge is 2.24. The average molecular weight is 330 g/mol. The van der Waals surface area contributed by atoms with E-state index < -0.39 is 44.2 Å². The van der Waals surface area contributed by atoms with E-state index in [1.54, 1.807) is 0 Å². The van der Waals surface area contributed by atoms with Crippen molar-refractivity contribution in [1.82, 2.24) is 4.72 Å². The van der Waals surface area contributed by atoms with Crippen molar-refractivity contribution in [2.75, 3.05) is 0 Å². The minimum absolute atomic E-state index is 0.303. The fourth-order valence-electron chi connectivity index (χ4n) is 1.35. The summed E-state index contributed by atoms with van der Waals surface area (Å²) in [6.07, 6.45) is -0.410. The highest BCUT2D eigenvalue weighted by molar-refractivity contribution is 7.89. The van der Waals surface area contributed by atoms with E-state index in [4.69, 9.17) is 28.3 Å². The van der Waals surface area contributed by atoms with Crippen molar-refractivity contribution >= 4 is 39.2 Å². The van der Waals surface area contributed by atoms with Gasteiger partial charge in [0.25, 0.3) is 0 Å². The van der Waals surface area contributed by atoms with Gasteiger partial charge in [-0.25, -0.2) is 17.5 Å². The standard InChI is InChI=1S/C10H10Cl2FNO4S/c1-5(4-8(15)16)14-19(17,18)7-3-2-6(11)10(13)9(7)12/h2-3,5,14H,4H2,1H3,(H,15,16). The van der Waals surface area contributed by atoms with E-state index in [9.17, 15) is 17.6 Å². The maximum atomic E-state index is 13.4. The van der Waals surface area contributed by atoms with Crippen molar-refractivity contribution in [2.24, 2.45) is 0 Å². The Morgan fingerprint density at radius 1 is 1.47 bits per heavy atom. The van der Waals surface area contributed by atoms with Gasteiger partial charge in [-0.1, -0.05) is 23.2 Å². The lowest BCUT2D eigenvalue weighted by molar-refractivity contribution is -0.137. The molecule has 0 spiro atoms. The molecule has 0 bridgehead atoms. The number of hydrogen-bond donors (Lipinski definition) is 2. The van der Waals surface area contributed by atoms with Crippen molar-refractivity contribution in [3.05, 3.63) is 28.0 Å². The summed E-state index contributed by atoms with van der Waals surface area (Å²) in [7, 11) is -4.12. The number of aliphatic carboxylic acids is 1. The molecule has 0 radical (unpaired) electrons. The predicted octanol–water partition coefficient (Wildman–Crippen LogP) is 2.27. The van der Waals surface area contributed by atoms with Gasteiger partial charge in [0.1, 0.15) is 4.90 Å². The Bertz CT molecular complexity index is 606. The lowest BCUT2D eigenvalue weighted by Gasteiger charge is -2.13. The third-order valence-electron chi connectivity index (χ3n) is 2.13. The van der Waals surface area contributed by atoms with Crippen LogP contribution in [0.1, 0.15) is 13.3 Å². The van der Waals surface area contributed by atoms with E-state index in [0.717, 1.165) is 12.1 Å². The second kappa shape index (κ2) is 6.04. The predicted molar refractivity (Wildman–Crippen MR) is 68.5 cm³/mol. The quantitative estimate of drug-likeness (QED) is 0.812. The Balaban J connectivity index is 3.08. The molecule has 1 atom stereocenters. The molecule has 0 aromatic heterocycles. The van der Waals surface area contributed by atoms with Crippen LogP contribution in [-0.4, -0.2) is 25.5 Å². The van der Waals surface area contributed by atoms with E-state index in [2.05, 4.69) is 4.72 Å². The van der Waals surface area contributed by atoms with Gasteiger partial charge in [-0.3, -0.25) is 4.79 Å². The van der Waals surface area contributed by atoms with Gasteiger partial charge in [-0.05, 0) is 19.1 Å². The highest BCUT2D eigenvalue weighted by atomic mass is 35.5. The molecule has 106 valence electrons. The van der Waals surface area contributed by atoms with E-state index in [-0.39, 0.29) is 5.02 Å². The lowest BCUT2D eigenvalue weighted by atomic mass is 10.3. The van der Waals surface area contributed by atoms with Crippen LogP contribution in [0.15, 0.2) is 17.0 Å². The number of nitrogens with one attached hydrogen (secondary N) is 1. The molecule has 1 aromatic rings. The summed E-state index contributed by atoms with van der Waals surface area (Å²) in [5.74, 6) is -2.21. The van der Waals surface area contributed by atoms with Crippen molar-refractivity contribution in [2.45, 2.75) is 24.3 Å². The molecule has 1 aromatic carbocycles. The molecule has 0 amide bonds. The summed E-state index contributed by atoms with van der Waals surface area (Å²) >= 11 is 11.0. The topological polar surface area (TPSA) is 83.5 Å². The molecule has 2 N–H and O–H groups in total. The van der Waals surface area contributed by atoms with E-state index >= 15 is 0 Å². The van der Waals surface area contributed by atoms with E-state index in [1.165, 1.54) is 6.92 Å². The Hall–Kier alpha value is -0.890. The van der Waals surface area contributed by atoms with Gasteiger partial charge in [-0.15, -0.1) is 0 Å². The van der Waals surface area contributed by atoms with Gasteiger partial charge in [0, 0.05) is 6.04 Å². The summed E-state index contributed by atoms with van der Waals surface area (Å²) in [6, 6.07) is 1.24. The number of carbonyl (C=O) groups is 1. The van der Waals surface area contributed by atoms with Gasteiger partial charge >= 0.3 is 5.97 Å². The molecule has 0 saturated heterocycles. The monoisotopic (exact) mass is 329 g/mol. The van der Waals surface area contributed by atoms with Gasteiger partial charge < -0.3 is 5.11 Å². The van der Waals surface area contributed by atoms with Crippen LogP contribution in [0.25, 0.3) is 0 Å². The molecular formula is C10H10Cl2FNO4S. The zero-order valence-electron chi connectivity index (χ0n) is 9.65. The van der Waals surface area contributed by atoms with Crippen LogP contribution in [-0.2, 0) is 14.8 Å². The molecule has 0 fully saturated rings. The van der Waals surface area contributed by atoms with Crippen molar-refractivity contribution < 1.29 is 22.7 Å². The minimum atomic E-state index is -4.12. The number of carboxylic acids is 1. The first-order valence-electron chi connectivity index (χ1n) is 5.02. The van der Waals surface area contributed by atoms with Gasteiger partial charge in [0.15, 0.2) is 5.82 Å². The second-order valence-corrected chi connectivity index (χ2v) is 6.26. The van der Waals surface area contributed by atoms with Crippen LogP contribution >= 0.6 is 23.2 Å². The van der Waals surface area contributed by atoms with Crippen LogP contribution < -0.4 is 4.72 Å². The summed E-state index contributed by atoms with van der Waals surface area (Å²) in [5.41, 5.74) is 0. The number of hydrogen-bond acceptors (Lipinski definition) is 3. The maximum absolute atomic E-state index is 13.4. The van der Waals surface area contributed by atoms with Gasteiger partial charge in [-0.2, -0.15) is 0 Å². The summed E-state index contributed by atoms with van der Waals surface area (Å²) < 4.78 is 39.3. The van der Waals surface area contributed by atoms with Crippen LogP contribution in [0.5, 0.6) is 0 Å². The first-order valence-corrected chi connectivity index (χ1v) is 7.26. The summed E-state index contributed by atoms with van der Waals surface area (Å²) in [6.45, 7) is 1.37. The molecule has 5 nitrogen and oxygen atoms in total. The average Bonchev–Trinajstić information content (AvgIpc) is 2.23. The Morgan fingerprint density at radius 3 is 2.58 bits per heavy atom. The first kappa shape index (κ1) is 16.2. The number of rotatable bonds is 5. The van der Waals surface area contributed by atoms with Crippen molar-refractivity contribution in [3.63, 3.8) is 0 Å². The van der Waals surface area contributed by atoms with Crippen molar-refractivity contribution in [1.29, 1.82) is 0 Å². The molecule has 1 unspecified atom stereocenters. The normalized spacial score (nSPS) is 13.3. The van der Waals surface area contributed by atoms with Crippen molar-refractivity contribution in [3.8, 4) is 0 Å². The summed E-state index contributed by atoms with van der Waals surface area (Å²) in [4.78, 5) is 9.97. The molecule has 1 rings (SSSR count). The zero-order valence-corrected chi connectivity index (χ0v) is 12.0. The Kier molecular flexibility index (Phi) is 5.14. The van der Waals surface area contributed by atoms with Gasteiger partial charge in [0.05, 0.1) is 16.5 Å². The zero-order chi connectivity index (χ0) is 14.8. The minimum Gasteiger partial charge on any atom is -0.481 e. The fourth-order valence-corrected chi connectivity index (χ4v) is 3.34. The molecule has 19 heavy (non-hydrogen) atoms. The highest BCUT2D eigenvalue weighted by Crippen LogP contribution is 2.29. The Labute approximate surface area is 119 Å². The first-order chi connectivity index (χ1) is 8.65. The van der Waals surface area contributed by atoms with Crippen LogP contribution in [0.4, 0.5) is 4.39 Å². The maximum Gasteiger partial charge on any atom is 0.304 e. The number of sulfonamides is 1. The molecule has 0 aliphatic carbocycles. The molecule has 9 heteroatoms. The Morgan fingerprint density at radius 2 is 2.05 bits per heavy atom. The molecule has 0 aliphatic heterocycles.